The highest BCUT2D eigenvalue weighted by molar-refractivity contribution is 5.99. The Morgan fingerprint density at radius 3 is 1.67 bits per heavy atom. The fraction of sp³-hybridized carbons (Fsp3) is 0.596. The minimum absolute atomic E-state index is 0.0135. The maximum atomic E-state index is 14.9. The van der Waals surface area contributed by atoms with E-state index in [0.29, 0.717) is 24.0 Å². The van der Waals surface area contributed by atoms with Crippen molar-refractivity contribution >= 4 is 65.0 Å². The number of nitrogens with one attached hydrogen (secondary N) is 7. The van der Waals surface area contributed by atoms with E-state index < -0.39 is 189 Å². The largest absolute Gasteiger partial charge is 0.508 e. The Bertz CT molecular complexity index is 2850. The SMILES string of the molecule is CC(N)C(=O)NC(CCCCNC(=O)C(F)(F)F)C(=O)N1CCCC1C(=O)NC(CO)C(=O)NC(Cc1ccc(O)cc1)C(=O)N1CC(O)CC1C(=O)N1CC(O)CC1C(=O)NC(C(=O)NC(Cc1ccc(O)cc1)C(=O)NC(CCCCN)C(=O)O)C(C)O. The fourth-order valence-corrected chi connectivity index (χ4v) is 10.6. The number of hydrogen-bond acceptors (Lipinski definition) is 19. The van der Waals surface area contributed by atoms with Gasteiger partial charge >= 0.3 is 18.1 Å². The van der Waals surface area contributed by atoms with Crippen LogP contribution in [0.5, 0.6) is 11.5 Å². The molecule has 13 atom stereocenters. The van der Waals surface area contributed by atoms with Gasteiger partial charge in [0.25, 0.3) is 0 Å². The summed E-state index contributed by atoms with van der Waals surface area (Å²) >= 11 is 0. The molecule has 5 rings (SSSR count). The number of likely N-dealkylation sites (tertiary alicyclic amines) is 3. The lowest BCUT2D eigenvalue weighted by atomic mass is 10.0. The number of nitrogens with zero attached hydrogens (tertiary/aromatic N) is 3. The lowest BCUT2D eigenvalue weighted by Gasteiger charge is -2.33. The molecule has 90 heavy (non-hydrogen) atoms. The summed E-state index contributed by atoms with van der Waals surface area (Å²) < 4.78 is 38.1. The van der Waals surface area contributed by atoms with Gasteiger partial charge in [0.05, 0.1) is 31.0 Å². The van der Waals surface area contributed by atoms with E-state index in [4.69, 9.17) is 11.5 Å². The summed E-state index contributed by atoms with van der Waals surface area (Å²) in [4.78, 5) is 153. The van der Waals surface area contributed by atoms with Gasteiger partial charge in [-0.1, -0.05) is 24.3 Å². The number of alkyl halides is 3. The molecule has 3 heterocycles. The number of benzene rings is 2. The molecule has 0 radical (unpaired) electrons. The third-order valence-corrected chi connectivity index (χ3v) is 15.5. The van der Waals surface area contributed by atoms with Crippen LogP contribution in [-0.2, 0) is 65.6 Å². The van der Waals surface area contributed by atoms with Crippen molar-refractivity contribution in [1.29, 1.82) is 0 Å². The van der Waals surface area contributed by atoms with Crippen LogP contribution in [0, 0.1) is 0 Å². The average Bonchev–Trinajstić information content (AvgIpc) is 1.71. The Morgan fingerprint density at radius 1 is 0.611 bits per heavy atom. The molecule has 0 bridgehead atoms. The Labute approximate surface area is 515 Å². The van der Waals surface area contributed by atoms with Gasteiger partial charge in [-0.2, -0.15) is 13.2 Å². The second-order valence-electron chi connectivity index (χ2n) is 22.6. The first-order valence-electron chi connectivity index (χ1n) is 29.4. The highest BCUT2D eigenvalue weighted by Gasteiger charge is 2.49. The van der Waals surface area contributed by atoms with E-state index in [1.54, 1.807) is 5.32 Å². The predicted octanol–water partition coefficient (Wildman–Crippen LogP) is -4.51. The molecule has 13 unspecified atom stereocenters. The van der Waals surface area contributed by atoms with Crippen LogP contribution >= 0.6 is 0 Å². The molecule has 33 heteroatoms. The molecule has 0 saturated carbocycles. The van der Waals surface area contributed by atoms with Crippen molar-refractivity contribution in [2.45, 2.75) is 176 Å². The van der Waals surface area contributed by atoms with Gasteiger partial charge in [0, 0.05) is 51.9 Å². The molecule has 3 fully saturated rings. The maximum Gasteiger partial charge on any atom is 0.471 e. The Hall–Kier alpha value is -8.24. The van der Waals surface area contributed by atoms with Gasteiger partial charge in [-0.25, -0.2) is 4.79 Å². The molecule has 498 valence electrons. The summed E-state index contributed by atoms with van der Waals surface area (Å²) in [5.74, 6) is -12.7. The summed E-state index contributed by atoms with van der Waals surface area (Å²) in [7, 11) is 0. The van der Waals surface area contributed by atoms with Gasteiger partial charge in [0.15, 0.2) is 0 Å². The van der Waals surface area contributed by atoms with Crippen molar-refractivity contribution in [3.8, 4) is 11.5 Å². The predicted molar refractivity (Wildman–Crippen MR) is 308 cm³/mol. The van der Waals surface area contributed by atoms with Gasteiger partial charge in [-0.3, -0.25) is 47.9 Å². The van der Waals surface area contributed by atoms with E-state index >= 15 is 0 Å². The first kappa shape index (κ1) is 72.5. The maximum absolute atomic E-state index is 14.9. The Morgan fingerprint density at radius 2 is 1.11 bits per heavy atom. The Balaban J connectivity index is 1.32. The topological polar surface area (TPSA) is 475 Å². The van der Waals surface area contributed by atoms with Crippen molar-refractivity contribution in [3.63, 3.8) is 0 Å². The standard InChI is InChI=1S/C57H81F3N12O18/c1-29(62)46(79)64-37(8-4-6-20-63-56(90)57(58,59)60)52(85)70-21-7-10-42(70)49(82)68-41(28-73)48(81)67-40(23-32-13-17-34(76)18-14-32)53(86)72-27-36(78)25-44(72)54(87)71-26-35(77)24-43(71)50(83)69-45(30(2)74)51(84)66-39(22-31-11-15-33(75)16-12-31)47(80)65-38(55(88)89)9-3-5-19-61/h11-18,29-30,35-45,73-78H,3-10,19-28,61-62H2,1-2H3,(H,63,90)(H,64,79)(H,65,80)(H,66,84)(H,67,81)(H,68,82)(H,69,83)(H,88,89). The van der Waals surface area contributed by atoms with Crippen molar-refractivity contribution in [3.05, 3.63) is 59.7 Å². The minimum Gasteiger partial charge on any atom is -0.508 e. The number of rotatable bonds is 31. The van der Waals surface area contributed by atoms with E-state index in [1.807, 2.05) is 0 Å². The van der Waals surface area contributed by atoms with Crippen molar-refractivity contribution in [2.75, 3.05) is 39.3 Å². The van der Waals surface area contributed by atoms with Crippen molar-refractivity contribution in [2.24, 2.45) is 11.5 Å². The number of amides is 10. The first-order valence-corrected chi connectivity index (χ1v) is 29.4. The summed E-state index contributed by atoms with van der Waals surface area (Å²) in [6.45, 7) is 0.130. The third kappa shape index (κ3) is 20.7. The van der Waals surface area contributed by atoms with E-state index in [-0.39, 0.29) is 76.0 Å². The van der Waals surface area contributed by atoms with Crippen LogP contribution in [0.1, 0.15) is 89.2 Å². The van der Waals surface area contributed by atoms with Crippen LogP contribution in [-0.4, -0.2) is 240 Å². The zero-order valence-electron chi connectivity index (χ0n) is 49.6. The summed E-state index contributed by atoms with van der Waals surface area (Å²) in [5, 5.41) is 89.5. The van der Waals surface area contributed by atoms with Crippen molar-refractivity contribution < 1.29 is 102 Å². The minimum atomic E-state index is -5.13. The molecule has 3 aliphatic heterocycles. The smallest absolute Gasteiger partial charge is 0.471 e. The van der Waals surface area contributed by atoms with Crippen LogP contribution in [0.4, 0.5) is 13.2 Å². The van der Waals surface area contributed by atoms with Crippen LogP contribution < -0.4 is 48.7 Å². The lowest BCUT2D eigenvalue weighted by molar-refractivity contribution is -0.173. The van der Waals surface area contributed by atoms with E-state index in [0.717, 1.165) is 21.6 Å². The molecular formula is C57H81F3N12O18. The number of aromatic hydroxyl groups is 2. The second-order valence-corrected chi connectivity index (χ2v) is 22.6. The number of aliphatic hydroxyl groups is 4. The number of halogens is 3. The van der Waals surface area contributed by atoms with Gasteiger partial charge in [-0.15, -0.1) is 0 Å². The number of carboxylic acid groups (broad SMARTS) is 1. The van der Waals surface area contributed by atoms with Gasteiger partial charge in [0.2, 0.25) is 53.2 Å². The van der Waals surface area contributed by atoms with Crippen LogP contribution in [0.2, 0.25) is 0 Å². The zero-order chi connectivity index (χ0) is 66.7. The third-order valence-electron chi connectivity index (χ3n) is 15.5. The number of aliphatic carboxylic acids is 1. The van der Waals surface area contributed by atoms with Gasteiger partial charge in [0.1, 0.15) is 65.9 Å². The van der Waals surface area contributed by atoms with Gasteiger partial charge in [-0.05, 0) is 107 Å². The molecule has 2 aromatic rings. The van der Waals surface area contributed by atoms with Crippen LogP contribution in [0.15, 0.2) is 48.5 Å². The molecule has 3 aliphatic rings. The number of carboxylic acids is 1. The average molecular weight is 1280 g/mol. The summed E-state index contributed by atoms with van der Waals surface area (Å²) in [6.07, 6.45) is -10.3. The molecule has 3 saturated heterocycles. The number of carbonyl (C=O) groups is 11. The number of aliphatic hydroxyl groups excluding tert-OH is 4. The molecule has 10 amide bonds. The number of unbranched alkanes of at least 4 members (excludes halogenated alkanes) is 2. The summed E-state index contributed by atoms with van der Waals surface area (Å²) in [6, 6.07) is -4.41. The molecule has 2 aromatic carbocycles. The zero-order valence-corrected chi connectivity index (χ0v) is 49.6. The molecule has 0 spiro atoms. The van der Waals surface area contributed by atoms with Crippen LogP contribution in [0.3, 0.4) is 0 Å². The summed E-state index contributed by atoms with van der Waals surface area (Å²) in [5.41, 5.74) is 12.0. The highest BCUT2D eigenvalue weighted by Crippen LogP contribution is 2.28. The van der Waals surface area contributed by atoms with Crippen LogP contribution in [0.25, 0.3) is 0 Å². The van der Waals surface area contributed by atoms with E-state index in [9.17, 15) is 102 Å². The Kier molecular flexibility index (Phi) is 27.0. The molecule has 30 nitrogen and oxygen atoms in total. The van der Waals surface area contributed by atoms with Gasteiger partial charge < -0.3 is 99.1 Å². The number of β-amino-alcohol motifs (C(OH)–C–C–N with tert-alkyl or cyclic N) is 2. The van der Waals surface area contributed by atoms with E-state index in [2.05, 4.69) is 31.9 Å². The number of phenolic OH excluding ortho intramolecular Hbond substituents is 2. The number of nitrogens with two attached hydrogens (primary N) is 2. The second kappa shape index (κ2) is 33.5. The normalized spacial score (nSPS) is 20.9. The molecule has 18 N–H and O–H groups in total. The monoisotopic (exact) mass is 1280 g/mol. The highest BCUT2D eigenvalue weighted by atomic mass is 19.4. The molecule has 0 aliphatic carbocycles. The number of hydrogen-bond donors (Lipinski definition) is 16. The molecular weight excluding hydrogens is 1200 g/mol. The number of phenols is 2. The lowest BCUT2D eigenvalue weighted by Crippen LogP contribution is -2.61. The first-order chi connectivity index (χ1) is 42.4. The molecule has 0 aromatic heterocycles. The fourth-order valence-electron chi connectivity index (χ4n) is 10.6. The van der Waals surface area contributed by atoms with Crippen molar-refractivity contribution in [1.82, 2.24) is 51.9 Å². The quantitative estimate of drug-likeness (QED) is 0.0316. The van der Waals surface area contributed by atoms with E-state index in [1.165, 1.54) is 55.5 Å². The number of carbonyl (C=O) groups excluding carboxylic acids is 10.